The standard InChI is InChI=1S/C23H36O4/c1-5-19(24)27-14-23-11-6-10-21(2,3)17(23)9-12-22(4)16-13-26-20(25)15(16)7-8-18(22)23/h15-18H,5-14H2,1-4H3. The van der Waals surface area contributed by atoms with Crippen LogP contribution in [-0.2, 0) is 19.1 Å². The predicted octanol–water partition coefficient (Wildman–Crippen LogP) is 4.75. The van der Waals surface area contributed by atoms with Gasteiger partial charge in [0, 0.05) is 17.8 Å². The monoisotopic (exact) mass is 376 g/mol. The molecule has 4 nitrogen and oxygen atoms in total. The van der Waals surface area contributed by atoms with Crippen LogP contribution in [0.3, 0.4) is 0 Å². The minimum Gasteiger partial charge on any atom is -0.465 e. The average molecular weight is 377 g/mol. The summed E-state index contributed by atoms with van der Waals surface area (Å²) in [6, 6.07) is 0. The first-order chi connectivity index (χ1) is 12.7. The van der Waals surface area contributed by atoms with Crippen molar-refractivity contribution in [1.82, 2.24) is 0 Å². The van der Waals surface area contributed by atoms with Gasteiger partial charge in [0.25, 0.3) is 0 Å². The molecule has 1 saturated heterocycles. The van der Waals surface area contributed by atoms with Gasteiger partial charge in [0.1, 0.15) is 0 Å². The summed E-state index contributed by atoms with van der Waals surface area (Å²) >= 11 is 0. The Morgan fingerprint density at radius 3 is 2.63 bits per heavy atom. The van der Waals surface area contributed by atoms with Gasteiger partial charge in [-0.25, -0.2) is 0 Å². The first kappa shape index (κ1) is 19.3. The summed E-state index contributed by atoms with van der Waals surface area (Å²) in [6.07, 6.45) is 8.45. The third kappa shape index (κ3) is 2.76. The van der Waals surface area contributed by atoms with Gasteiger partial charge in [-0.05, 0) is 61.2 Å². The fourth-order valence-corrected chi connectivity index (χ4v) is 7.91. The van der Waals surface area contributed by atoms with Crippen LogP contribution in [0.15, 0.2) is 0 Å². The van der Waals surface area contributed by atoms with Crippen molar-refractivity contribution in [2.45, 2.75) is 79.1 Å². The van der Waals surface area contributed by atoms with Crippen molar-refractivity contribution < 1.29 is 19.1 Å². The predicted molar refractivity (Wildman–Crippen MR) is 103 cm³/mol. The van der Waals surface area contributed by atoms with E-state index in [1.807, 2.05) is 6.92 Å². The molecule has 0 bridgehead atoms. The molecule has 1 aliphatic heterocycles. The number of esters is 2. The fourth-order valence-electron chi connectivity index (χ4n) is 7.91. The molecule has 0 radical (unpaired) electrons. The highest BCUT2D eigenvalue weighted by Gasteiger charge is 2.66. The van der Waals surface area contributed by atoms with Crippen molar-refractivity contribution in [3.63, 3.8) is 0 Å². The van der Waals surface area contributed by atoms with Crippen molar-refractivity contribution in [2.75, 3.05) is 13.2 Å². The molecule has 0 spiro atoms. The smallest absolute Gasteiger partial charge is 0.309 e. The number of carbonyl (C=O) groups is 2. The Bertz CT molecular complexity index is 626. The number of carbonyl (C=O) groups excluding carboxylic acids is 2. The molecule has 3 aliphatic carbocycles. The molecule has 3 saturated carbocycles. The second-order valence-electron chi connectivity index (χ2n) is 10.7. The Labute approximate surface area is 163 Å². The first-order valence-corrected chi connectivity index (χ1v) is 11.1. The number of fused-ring (bicyclic) bond motifs is 5. The zero-order valence-corrected chi connectivity index (χ0v) is 17.5. The summed E-state index contributed by atoms with van der Waals surface area (Å²) in [7, 11) is 0. The molecule has 1 heterocycles. The highest BCUT2D eigenvalue weighted by Crippen LogP contribution is 2.69. The molecular weight excluding hydrogens is 340 g/mol. The summed E-state index contributed by atoms with van der Waals surface area (Å²) in [4.78, 5) is 24.3. The van der Waals surface area contributed by atoms with Crippen LogP contribution in [0.25, 0.3) is 0 Å². The van der Waals surface area contributed by atoms with Crippen molar-refractivity contribution in [1.29, 1.82) is 0 Å². The minimum atomic E-state index is -0.0770. The summed E-state index contributed by atoms with van der Waals surface area (Å²) in [5.41, 5.74) is 0.477. The number of hydrogen-bond donors (Lipinski definition) is 0. The van der Waals surface area contributed by atoms with E-state index in [1.54, 1.807) is 0 Å². The molecule has 0 N–H and O–H groups in total. The zero-order chi connectivity index (χ0) is 19.4. The third-order valence-electron chi connectivity index (χ3n) is 9.16. The largest absolute Gasteiger partial charge is 0.465 e. The van der Waals surface area contributed by atoms with E-state index < -0.39 is 0 Å². The molecular formula is C23H36O4. The van der Waals surface area contributed by atoms with Crippen LogP contribution in [0.4, 0.5) is 0 Å². The van der Waals surface area contributed by atoms with Crippen molar-refractivity contribution in [3.8, 4) is 0 Å². The van der Waals surface area contributed by atoms with Crippen LogP contribution >= 0.6 is 0 Å². The van der Waals surface area contributed by atoms with Crippen LogP contribution in [0, 0.1) is 39.9 Å². The van der Waals surface area contributed by atoms with E-state index in [4.69, 9.17) is 9.47 Å². The molecule has 4 heteroatoms. The van der Waals surface area contributed by atoms with Crippen molar-refractivity contribution in [2.24, 2.45) is 39.9 Å². The van der Waals surface area contributed by atoms with E-state index >= 15 is 0 Å². The van der Waals surface area contributed by atoms with Gasteiger partial charge in [-0.2, -0.15) is 0 Å². The van der Waals surface area contributed by atoms with Crippen LogP contribution in [0.1, 0.15) is 79.1 Å². The Hall–Kier alpha value is -1.06. The topological polar surface area (TPSA) is 52.6 Å². The van der Waals surface area contributed by atoms with Gasteiger partial charge in [-0.15, -0.1) is 0 Å². The van der Waals surface area contributed by atoms with E-state index in [2.05, 4.69) is 20.8 Å². The van der Waals surface area contributed by atoms with E-state index in [9.17, 15) is 9.59 Å². The molecule has 6 unspecified atom stereocenters. The normalized spacial score (nSPS) is 45.3. The first-order valence-electron chi connectivity index (χ1n) is 11.1. The van der Waals surface area contributed by atoms with Crippen molar-refractivity contribution in [3.05, 3.63) is 0 Å². The molecule has 0 aromatic heterocycles. The summed E-state index contributed by atoms with van der Waals surface area (Å²) in [5.74, 6) is 1.49. The Morgan fingerprint density at radius 1 is 1.11 bits per heavy atom. The quantitative estimate of drug-likeness (QED) is 0.667. The van der Waals surface area contributed by atoms with Gasteiger partial charge in [0.05, 0.1) is 19.1 Å². The maximum atomic E-state index is 12.3. The maximum absolute atomic E-state index is 12.3. The summed E-state index contributed by atoms with van der Waals surface area (Å²) in [6.45, 7) is 10.3. The molecule has 4 rings (SSSR count). The van der Waals surface area contributed by atoms with Gasteiger partial charge in [-0.3, -0.25) is 9.59 Å². The van der Waals surface area contributed by atoms with E-state index in [-0.39, 0.29) is 34.1 Å². The number of ether oxygens (including phenoxy) is 2. The molecule has 4 fully saturated rings. The zero-order valence-electron chi connectivity index (χ0n) is 17.5. The van der Waals surface area contributed by atoms with Crippen LogP contribution in [0.2, 0.25) is 0 Å². The summed E-state index contributed by atoms with van der Waals surface area (Å²) < 4.78 is 11.4. The Morgan fingerprint density at radius 2 is 1.89 bits per heavy atom. The Balaban J connectivity index is 1.72. The SMILES string of the molecule is CCC(=O)OCC12CCCC(C)(C)C1CCC1(C)C3COC(=O)C3CCC12. The van der Waals surface area contributed by atoms with Crippen LogP contribution < -0.4 is 0 Å². The molecule has 4 aliphatic rings. The number of hydrogen-bond acceptors (Lipinski definition) is 4. The fraction of sp³-hybridized carbons (Fsp3) is 0.913. The van der Waals surface area contributed by atoms with Gasteiger partial charge in [0.15, 0.2) is 0 Å². The van der Waals surface area contributed by atoms with Gasteiger partial charge in [0.2, 0.25) is 0 Å². The average Bonchev–Trinajstić information content (AvgIpc) is 3.01. The molecule has 27 heavy (non-hydrogen) atoms. The third-order valence-corrected chi connectivity index (χ3v) is 9.16. The lowest BCUT2D eigenvalue weighted by atomic mass is 9.38. The van der Waals surface area contributed by atoms with Gasteiger partial charge >= 0.3 is 11.9 Å². The lowest BCUT2D eigenvalue weighted by Crippen LogP contribution is -2.62. The highest BCUT2D eigenvalue weighted by atomic mass is 16.5. The maximum Gasteiger partial charge on any atom is 0.309 e. The Kier molecular flexibility index (Phi) is 4.63. The van der Waals surface area contributed by atoms with Crippen LogP contribution in [-0.4, -0.2) is 25.2 Å². The second-order valence-corrected chi connectivity index (χ2v) is 10.7. The van der Waals surface area contributed by atoms with E-state index in [1.165, 1.54) is 25.7 Å². The van der Waals surface area contributed by atoms with Crippen molar-refractivity contribution >= 4 is 11.9 Å². The molecule has 0 aromatic rings. The molecule has 6 atom stereocenters. The van der Waals surface area contributed by atoms with E-state index in [0.717, 1.165) is 19.3 Å². The molecule has 0 aromatic carbocycles. The molecule has 0 amide bonds. The van der Waals surface area contributed by atoms with E-state index in [0.29, 0.717) is 37.4 Å². The molecule has 152 valence electrons. The highest BCUT2D eigenvalue weighted by molar-refractivity contribution is 5.75. The number of cyclic esters (lactones) is 1. The van der Waals surface area contributed by atoms with Gasteiger partial charge in [-0.1, -0.05) is 34.1 Å². The lowest BCUT2D eigenvalue weighted by Gasteiger charge is -2.66. The second kappa shape index (κ2) is 6.49. The van der Waals surface area contributed by atoms with Crippen LogP contribution in [0.5, 0.6) is 0 Å². The van der Waals surface area contributed by atoms with Gasteiger partial charge < -0.3 is 9.47 Å². The number of rotatable bonds is 3. The lowest BCUT2D eigenvalue weighted by molar-refractivity contribution is -0.203. The minimum absolute atomic E-state index is 0.0252. The summed E-state index contributed by atoms with van der Waals surface area (Å²) in [5, 5.41) is 0.